The van der Waals surface area contributed by atoms with Gasteiger partial charge in [-0.05, 0) is 50.9 Å². The average molecular weight is 357 g/mol. The molecule has 2 fully saturated rings. The Balaban J connectivity index is 1.44. The Morgan fingerprint density at radius 3 is 2.69 bits per heavy atom. The Hall–Kier alpha value is -2.08. The number of amides is 2. The molecule has 4 rings (SSSR count). The van der Waals surface area contributed by atoms with E-state index in [0.717, 1.165) is 51.1 Å². The van der Waals surface area contributed by atoms with Crippen molar-refractivity contribution in [2.45, 2.75) is 37.6 Å². The third-order valence-corrected chi connectivity index (χ3v) is 6.35. The molecule has 26 heavy (non-hydrogen) atoms. The zero-order chi connectivity index (χ0) is 18.3. The van der Waals surface area contributed by atoms with Crippen LogP contribution in [0.25, 0.3) is 0 Å². The number of rotatable bonds is 2. The molecule has 3 aliphatic rings. The van der Waals surface area contributed by atoms with Gasteiger partial charge < -0.3 is 14.5 Å². The summed E-state index contributed by atoms with van der Waals surface area (Å²) < 4.78 is 5.12. The Kier molecular flexibility index (Phi) is 4.39. The highest BCUT2D eigenvalue weighted by Crippen LogP contribution is 2.47. The van der Waals surface area contributed by atoms with Gasteiger partial charge in [-0.1, -0.05) is 18.2 Å². The average Bonchev–Trinajstić information content (AvgIpc) is 3.23. The monoisotopic (exact) mass is 357 g/mol. The lowest BCUT2D eigenvalue weighted by Crippen LogP contribution is -2.51. The Bertz CT molecular complexity index is 712. The molecule has 1 aromatic rings. The number of piperidine rings is 1. The van der Waals surface area contributed by atoms with Gasteiger partial charge in [-0.2, -0.15) is 0 Å². The number of fused-ring (bicyclic) bond motifs is 2. The first-order chi connectivity index (χ1) is 12.6. The van der Waals surface area contributed by atoms with Gasteiger partial charge in [0.2, 0.25) is 5.91 Å². The SMILES string of the molecule is CCOC(=O)N1CCC(N2CCC3(CC2)C(=O)N(C)c2ccccc23)C1. The number of hydrogen-bond acceptors (Lipinski definition) is 4. The fraction of sp³-hybridized carbons (Fsp3) is 0.600. The second-order valence-corrected chi connectivity index (χ2v) is 7.59. The summed E-state index contributed by atoms with van der Waals surface area (Å²) in [7, 11) is 1.89. The minimum atomic E-state index is -0.360. The zero-order valence-corrected chi connectivity index (χ0v) is 15.6. The van der Waals surface area contributed by atoms with Crippen molar-refractivity contribution in [3.05, 3.63) is 29.8 Å². The van der Waals surface area contributed by atoms with E-state index in [9.17, 15) is 9.59 Å². The van der Waals surface area contributed by atoms with Crippen LogP contribution in [0.4, 0.5) is 10.5 Å². The number of carbonyl (C=O) groups is 2. The number of carbonyl (C=O) groups excluding carboxylic acids is 2. The van der Waals surface area contributed by atoms with Crippen LogP contribution in [-0.4, -0.2) is 67.7 Å². The predicted octanol–water partition coefficient (Wildman–Crippen LogP) is 2.23. The van der Waals surface area contributed by atoms with Gasteiger partial charge in [-0.3, -0.25) is 9.69 Å². The third-order valence-electron chi connectivity index (χ3n) is 6.35. The lowest BCUT2D eigenvalue weighted by molar-refractivity contribution is -0.124. The molecule has 2 amide bonds. The molecule has 6 heteroatoms. The predicted molar refractivity (Wildman–Crippen MR) is 99.3 cm³/mol. The molecular weight excluding hydrogens is 330 g/mol. The van der Waals surface area contributed by atoms with E-state index in [1.165, 1.54) is 5.56 Å². The Morgan fingerprint density at radius 1 is 1.23 bits per heavy atom. The van der Waals surface area contributed by atoms with Gasteiger partial charge in [0.05, 0.1) is 12.0 Å². The molecule has 0 aromatic heterocycles. The van der Waals surface area contributed by atoms with Crippen molar-refractivity contribution in [2.24, 2.45) is 0 Å². The summed E-state index contributed by atoms with van der Waals surface area (Å²) in [5.41, 5.74) is 1.88. The standard InChI is InChI=1S/C20H27N3O3/c1-3-26-19(25)23-11-8-15(14-23)22-12-9-20(10-13-22)16-6-4-5-7-17(16)21(2)18(20)24/h4-7,15H,3,8-14H2,1-2H3. The molecule has 0 saturated carbocycles. The summed E-state index contributed by atoms with van der Waals surface area (Å²) in [6.45, 7) is 5.54. The van der Waals surface area contributed by atoms with Crippen molar-refractivity contribution in [1.82, 2.24) is 9.80 Å². The number of likely N-dealkylation sites (tertiary alicyclic amines) is 2. The summed E-state index contributed by atoms with van der Waals surface area (Å²) in [5, 5.41) is 0. The van der Waals surface area contributed by atoms with Gasteiger partial charge in [-0.25, -0.2) is 4.79 Å². The van der Waals surface area contributed by atoms with Crippen molar-refractivity contribution in [3.63, 3.8) is 0 Å². The van der Waals surface area contributed by atoms with Crippen molar-refractivity contribution < 1.29 is 14.3 Å². The van der Waals surface area contributed by atoms with E-state index >= 15 is 0 Å². The highest BCUT2D eigenvalue weighted by Gasteiger charge is 2.51. The third kappa shape index (κ3) is 2.58. The first-order valence-corrected chi connectivity index (χ1v) is 9.60. The van der Waals surface area contributed by atoms with Crippen molar-refractivity contribution in [2.75, 3.05) is 44.7 Å². The van der Waals surface area contributed by atoms with Crippen LogP contribution in [0, 0.1) is 0 Å². The van der Waals surface area contributed by atoms with Gasteiger partial charge >= 0.3 is 6.09 Å². The van der Waals surface area contributed by atoms with E-state index in [-0.39, 0.29) is 17.4 Å². The molecule has 0 bridgehead atoms. The van der Waals surface area contributed by atoms with Crippen LogP contribution < -0.4 is 4.90 Å². The lowest BCUT2D eigenvalue weighted by atomic mass is 9.73. The number of hydrogen-bond donors (Lipinski definition) is 0. The van der Waals surface area contributed by atoms with Gasteiger partial charge in [0, 0.05) is 31.9 Å². The summed E-state index contributed by atoms with van der Waals surface area (Å²) in [6, 6.07) is 8.57. The molecule has 3 heterocycles. The molecule has 6 nitrogen and oxygen atoms in total. The summed E-state index contributed by atoms with van der Waals surface area (Å²) in [4.78, 5) is 31.0. The maximum Gasteiger partial charge on any atom is 0.409 e. The molecule has 0 radical (unpaired) electrons. The second-order valence-electron chi connectivity index (χ2n) is 7.59. The first-order valence-electron chi connectivity index (χ1n) is 9.60. The van der Waals surface area contributed by atoms with Crippen LogP contribution in [0.3, 0.4) is 0 Å². The number of ether oxygens (including phenoxy) is 1. The molecule has 1 spiro atoms. The number of likely N-dealkylation sites (N-methyl/N-ethyl adjacent to an activating group) is 1. The van der Waals surface area contributed by atoms with E-state index in [2.05, 4.69) is 11.0 Å². The number of benzene rings is 1. The molecule has 1 unspecified atom stereocenters. The maximum absolute atomic E-state index is 13.0. The quantitative estimate of drug-likeness (QED) is 0.814. The second kappa shape index (κ2) is 6.58. The van der Waals surface area contributed by atoms with E-state index in [4.69, 9.17) is 4.74 Å². The largest absolute Gasteiger partial charge is 0.450 e. The molecule has 2 saturated heterocycles. The van der Waals surface area contributed by atoms with Crippen LogP contribution in [0.1, 0.15) is 31.7 Å². The van der Waals surface area contributed by atoms with E-state index in [1.54, 1.807) is 0 Å². The highest BCUT2D eigenvalue weighted by atomic mass is 16.6. The lowest BCUT2D eigenvalue weighted by Gasteiger charge is -2.40. The Morgan fingerprint density at radius 2 is 1.96 bits per heavy atom. The van der Waals surface area contributed by atoms with Gasteiger partial charge in [0.1, 0.15) is 0 Å². The number of nitrogens with zero attached hydrogens (tertiary/aromatic N) is 3. The van der Waals surface area contributed by atoms with Crippen LogP contribution in [-0.2, 0) is 14.9 Å². The Labute approximate surface area is 154 Å². The van der Waals surface area contributed by atoms with Crippen LogP contribution in [0.2, 0.25) is 0 Å². The number of anilines is 1. The molecule has 140 valence electrons. The van der Waals surface area contributed by atoms with Crippen molar-refractivity contribution >= 4 is 17.7 Å². The minimum Gasteiger partial charge on any atom is -0.450 e. The maximum atomic E-state index is 13.0. The van der Waals surface area contributed by atoms with Crippen LogP contribution in [0.15, 0.2) is 24.3 Å². The molecule has 0 N–H and O–H groups in total. The highest BCUT2D eigenvalue weighted by molar-refractivity contribution is 6.07. The smallest absolute Gasteiger partial charge is 0.409 e. The van der Waals surface area contributed by atoms with Gasteiger partial charge in [0.15, 0.2) is 0 Å². The minimum absolute atomic E-state index is 0.204. The molecule has 3 aliphatic heterocycles. The molecule has 1 aromatic carbocycles. The number of para-hydroxylation sites is 1. The summed E-state index contributed by atoms with van der Waals surface area (Å²) in [5.74, 6) is 0.234. The van der Waals surface area contributed by atoms with E-state index < -0.39 is 0 Å². The summed E-state index contributed by atoms with van der Waals surface area (Å²) in [6.07, 6.45) is 2.48. The van der Waals surface area contributed by atoms with Gasteiger partial charge in [0.25, 0.3) is 0 Å². The van der Waals surface area contributed by atoms with Crippen LogP contribution >= 0.6 is 0 Å². The van der Waals surface area contributed by atoms with Crippen molar-refractivity contribution in [1.29, 1.82) is 0 Å². The van der Waals surface area contributed by atoms with Crippen LogP contribution in [0.5, 0.6) is 0 Å². The molecule has 1 atom stereocenters. The van der Waals surface area contributed by atoms with Gasteiger partial charge in [-0.15, -0.1) is 0 Å². The molecule has 0 aliphatic carbocycles. The topological polar surface area (TPSA) is 53.1 Å². The fourth-order valence-electron chi connectivity index (χ4n) is 4.89. The normalized spacial score (nSPS) is 25.0. The molecular formula is C20H27N3O3. The van der Waals surface area contributed by atoms with E-state index in [1.807, 2.05) is 42.0 Å². The van der Waals surface area contributed by atoms with E-state index in [0.29, 0.717) is 12.6 Å². The zero-order valence-electron chi connectivity index (χ0n) is 15.6. The van der Waals surface area contributed by atoms with Crippen molar-refractivity contribution in [3.8, 4) is 0 Å². The first kappa shape index (κ1) is 17.3. The summed E-state index contributed by atoms with van der Waals surface area (Å²) >= 11 is 0. The fourth-order valence-corrected chi connectivity index (χ4v) is 4.89.